The molecule has 0 fully saturated rings. The van der Waals surface area contributed by atoms with Gasteiger partial charge < -0.3 is 4.74 Å². The standard InChI is InChI=1S/C55H44N2OS/c1-2-35-32-47(39-27-25-37(26-28-39)36-15-6-3-7-16-36)56-55(57-54(35)40-19-10-5-11-20-40)42-31-46(52-44-21-12-13-23-48(44)58-49(52)33-42)41-29-30-45-51(34-41)59-50-24-14-22-43(53(45)50)38-17-8-4-9-18-38/h3,5-8,10-15,17-31,34,36,49H,2,4,9,16,32-33H2,1H3. The van der Waals surface area contributed by atoms with E-state index in [1.165, 1.54) is 64.7 Å². The number of hydrogen-bond donors (Lipinski definition) is 0. The van der Waals surface area contributed by atoms with E-state index in [1.807, 2.05) is 11.3 Å². The van der Waals surface area contributed by atoms with Crippen molar-refractivity contribution < 1.29 is 4.74 Å². The Labute approximate surface area is 350 Å². The van der Waals surface area contributed by atoms with Crippen LogP contribution in [0.5, 0.6) is 5.75 Å². The van der Waals surface area contributed by atoms with Gasteiger partial charge in [0.1, 0.15) is 11.9 Å². The van der Waals surface area contributed by atoms with Crippen LogP contribution in [0.4, 0.5) is 0 Å². The molecular formula is C55H44N2OS. The number of amidine groups is 1. The van der Waals surface area contributed by atoms with Crippen LogP contribution >= 0.6 is 11.3 Å². The Morgan fingerprint density at radius 3 is 2.42 bits per heavy atom. The quantitative estimate of drug-likeness (QED) is 0.159. The summed E-state index contributed by atoms with van der Waals surface area (Å²) in [6.07, 6.45) is 23.6. The molecule has 2 atom stereocenters. The lowest BCUT2D eigenvalue weighted by Gasteiger charge is -2.24. The van der Waals surface area contributed by atoms with Gasteiger partial charge in [0.15, 0.2) is 5.84 Å². The van der Waals surface area contributed by atoms with Crippen molar-refractivity contribution in [2.24, 2.45) is 9.98 Å². The summed E-state index contributed by atoms with van der Waals surface area (Å²) >= 11 is 1.88. The second kappa shape index (κ2) is 15.1. The maximum absolute atomic E-state index is 6.83. The van der Waals surface area contributed by atoms with Crippen LogP contribution in [0.15, 0.2) is 185 Å². The highest BCUT2D eigenvalue weighted by Gasteiger charge is 2.36. The van der Waals surface area contributed by atoms with Crippen LogP contribution < -0.4 is 4.74 Å². The monoisotopic (exact) mass is 780 g/mol. The fraction of sp³-hybridized carbons (Fsp3) is 0.164. The molecule has 2 unspecified atom stereocenters. The van der Waals surface area contributed by atoms with Crippen LogP contribution in [0, 0.1) is 0 Å². The molecule has 5 aliphatic rings. The molecule has 0 N–H and O–H groups in total. The molecule has 0 amide bonds. The number of thiophene rings is 1. The first-order valence-corrected chi connectivity index (χ1v) is 21.9. The van der Waals surface area contributed by atoms with Gasteiger partial charge in [-0.1, -0.05) is 147 Å². The first kappa shape index (κ1) is 35.8. The third-order valence-electron chi connectivity index (χ3n) is 12.5. The molecule has 0 radical (unpaired) electrons. The minimum atomic E-state index is -0.145. The Bertz CT molecular complexity index is 2960. The zero-order valence-electron chi connectivity index (χ0n) is 33.2. The van der Waals surface area contributed by atoms with Gasteiger partial charge in [-0.3, -0.25) is 0 Å². The molecule has 6 aromatic rings. The Balaban J connectivity index is 1.07. The predicted octanol–water partition coefficient (Wildman–Crippen LogP) is 14.5. The first-order chi connectivity index (χ1) is 29.2. The average molecular weight is 781 g/mol. The molecular weight excluding hydrogens is 737 g/mol. The SMILES string of the molecule is CCC1=C(c2ccccc2)N=C(C2=CC(c3ccc4c(c3)sc3cccc(C5=CCCC=C5)c34)=C3c4ccccc4OC3C2)N=C(c2ccc(C3C=CC=CC3)cc2)C1. The van der Waals surface area contributed by atoms with Crippen molar-refractivity contribution in [3.63, 3.8) is 0 Å². The Hall–Kier alpha value is -6.36. The maximum atomic E-state index is 6.83. The molecule has 3 heterocycles. The van der Waals surface area contributed by atoms with E-state index in [2.05, 4.69) is 171 Å². The van der Waals surface area contributed by atoms with Gasteiger partial charge >= 0.3 is 0 Å². The van der Waals surface area contributed by atoms with Crippen molar-refractivity contribution in [3.8, 4) is 5.75 Å². The van der Waals surface area contributed by atoms with Gasteiger partial charge in [-0.25, -0.2) is 9.98 Å². The highest BCUT2D eigenvalue weighted by atomic mass is 32.1. The van der Waals surface area contributed by atoms with Gasteiger partial charge in [0.05, 0.1) is 11.4 Å². The van der Waals surface area contributed by atoms with Crippen LogP contribution in [-0.2, 0) is 0 Å². The molecule has 4 heteroatoms. The topological polar surface area (TPSA) is 34.0 Å². The molecule has 0 spiro atoms. The van der Waals surface area contributed by atoms with Gasteiger partial charge in [0.25, 0.3) is 0 Å². The first-order valence-electron chi connectivity index (χ1n) is 21.1. The van der Waals surface area contributed by atoms with E-state index in [4.69, 9.17) is 14.7 Å². The number of aliphatic imine (C=N–C) groups is 2. The summed E-state index contributed by atoms with van der Waals surface area (Å²) in [4.78, 5) is 11.1. The summed E-state index contributed by atoms with van der Waals surface area (Å²) in [6.45, 7) is 2.24. The fourth-order valence-electron chi connectivity index (χ4n) is 9.47. The Morgan fingerprint density at radius 1 is 0.746 bits per heavy atom. The summed E-state index contributed by atoms with van der Waals surface area (Å²) in [5.74, 6) is 2.11. The van der Waals surface area contributed by atoms with E-state index >= 15 is 0 Å². The molecule has 0 saturated heterocycles. The molecule has 2 aliphatic heterocycles. The number of benzene rings is 5. The molecule has 0 saturated carbocycles. The number of rotatable bonds is 7. The summed E-state index contributed by atoms with van der Waals surface area (Å²) in [6, 6.07) is 42.1. The maximum Gasteiger partial charge on any atom is 0.156 e. The summed E-state index contributed by atoms with van der Waals surface area (Å²) < 4.78 is 9.45. The van der Waals surface area contributed by atoms with Gasteiger partial charge in [-0.2, -0.15) is 0 Å². The summed E-state index contributed by atoms with van der Waals surface area (Å²) in [5, 5.41) is 2.66. The van der Waals surface area contributed by atoms with Crippen LogP contribution in [0.2, 0.25) is 0 Å². The smallest absolute Gasteiger partial charge is 0.156 e. The van der Waals surface area contributed by atoms with Gasteiger partial charge in [-0.15, -0.1) is 11.3 Å². The summed E-state index contributed by atoms with van der Waals surface area (Å²) in [5.41, 5.74) is 15.5. The predicted molar refractivity (Wildman–Crippen MR) is 250 cm³/mol. The Morgan fingerprint density at radius 2 is 1.59 bits per heavy atom. The van der Waals surface area contributed by atoms with E-state index in [0.717, 1.165) is 71.8 Å². The number of hydrogen-bond acceptors (Lipinski definition) is 4. The van der Waals surface area contributed by atoms with Gasteiger partial charge in [0.2, 0.25) is 0 Å². The van der Waals surface area contributed by atoms with E-state index < -0.39 is 0 Å². The minimum Gasteiger partial charge on any atom is -0.485 e. The third-order valence-corrected chi connectivity index (χ3v) is 13.6. The highest BCUT2D eigenvalue weighted by Crippen LogP contribution is 2.49. The van der Waals surface area contributed by atoms with Crippen molar-refractivity contribution in [1.29, 1.82) is 0 Å². The van der Waals surface area contributed by atoms with Crippen molar-refractivity contribution >= 4 is 65.5 Å². The molecule has 11 rings (SSSR count). The van der Waals surface area contributed by atoms with Gasteiger partial charge in [-0.05, 0) is 88.9 Å². The van der Waals surface area contributed by atoms with Crippen LogP contribution in [0.25, 0.3) is 42.6 Å². The van der Waals surface area contributed by atoms with Crippen molar-refractivity contribution in [3.05, 3.63) is 208 Å². The molecule has 286 valence electrons. The molecule has 1 aromatic heterocycles. The highest BCUT2D eigenvalue weighted by molar-refractivity contribution is 7.25. The fourth-order valence-corrected chi connectivity index (χ4v) is 10.6. The zero-order valence-corrected chi connectivity index (χ0v) is 34.0. The van der Waals surface area contributed by atoms with Crippen molar-refractivity contribution in [1.82, 2.24) is 0 Å². The van der Waals surface area contributed by atoms with E-state index in [1.54, 1.807) is 0 Å². The van der Waals surface area contributed by atoms with Crippen molar-refractivity contribution in [2.45, 2.75) is 57.5 Å². The number of fused-ring (bicyclic) bond motifs is 6. The van der Waals surface area contributed by atoms with Crippen LogP contribution in [0.3, 0.4) is 0 Å². The van der Waals surface area contributed by atoms with Crippen molar-refractivity contribution in [2.75, 3.05) is 0 Å². The minimum absolute atomic E-state index is 0.145. The number of para-hydroxylation sites is 1. The zero-order chi connectivity index (χ0) is 39.3. The second-order valence-electron chi connectivity index (χ2n) is 16.1. The molecule has 3 aliphatic carbocycles. The van der Waals surface area contributed by atoms with Gasteiger partial charge in [0, 0.05) is 61.2 Å². The van der Waals surface area contributed by atoms with E-state index in [9.17, 15) is 0 Å². The second-order valence-corrected chi connectivity index (χ2v) is 17.1. The number of allylic oxidation sites excluding steroid dienone is 11. The lowest BCUT2D eigenvalue weighted by molar-refractivity contribution is 0.277. The number of ether oxygens (including phenoxy) is 1. The van der Waals surface area contributed by atoms with Crippen LogP contribution in [0.1, 0.15) is 84.7 Å². The van der Waals surface area contributed by atoms with E-state index in [0.29, 0.717) is 12.3 Å². The molecule has 59 heavy (non-hydrogen) atoms. The summed E-state index contributed by atoms with van der Waals surface area (Å²) in [7, 11) is 0. The molecule has 0 bridgehead atoms. The Kier molecular flexibility index (Phi) is 9.16. The lowest BCUT2D eigenvalue weighted by atomic mass is 9.83. The molecule has 3 nitrogen and oxygen atoms in total. The average Bonchev–Trinajstić information content (AvgIpc) is 3.81. The van der Waals surface area contributed by atoms with E-state index in [-0.39, 0.29) is 6.10 Å². The largest absolute Gasteiger partial charge is 0.485 e. The third kappa shape index (κ3) is 6.53. The number of nitrogens with zero attached hydrogens (tertiary/aromatic N) is 2. The lowest BCUT2D eigenvalue weighted by Crippen LogP contribution is -2.21. The van der Waals surface area contributed by atoms with Crippen LogP contribution in [-0.4, -0.2) is 17.7 Å². The molecule has 5 aromatic carbocycles. The normalized spacial score (nSPS) is 19.9.